The Morgan fingerprint density at radius 2 is 1.18 bits per heavy atom. The van der Waals surface area contributed by atoms with Gasteiger partial charge in [0.15, 0.2) is 0 Å². The number of benzene rings is 6. The van der Waals surface area contributed by atoms with Crippen molar-refractivity contribution in [2.75, 3.05) is 0 Å². The fourth-order valence-electron chi connectivity index (χ4n) is 6.74. The van der Waals surface area contributed by atoms with Gasteiger partial charge in [0.1, 0.15) is 11.2 Å². The van der Waals surface area contributed by atoms with E-state index in [2.05, 4.69) is 120 Å². The highest BCUT2D eigenvalue weighted by Crippen LogP contribution is 2.50. The topological polar surface area (TPSA) is 18.1 Å². The molecule has 0 radical (unpaired) electrons. The van der Waals surface area contributed by atoms with Gasteiger partial charge in [-0.1, -0.05) is 72.8 Å². The summed E-state index contributed by atoms with van der Waals surface area (Å²) in [6, 6.07) is 41.8. The molecule has 0 fully saturated rings. The Bertz CT molecular complexity index is 2660. The lowest BCUT2D eigenvalue weighted by Gasteiger charge is -2.09. The number of hydrogen-bond donors (Lipinski definition) is 0. The van der Waals surface area contributed by atoms with E-state index in [0.29, 0.717) is 0 Å². The molecule has 0 unspecified atom stereocenters. The van der Waals surface area contributed by atoms with Gasteiger partial charge in [0, 0.05) is 62.9 Å². The molecule has 0 aliphatic rings. The number of thiophene rings is 2. The Morgan fingerprint density at radius 1 is 0.500 bits per heavy atom. The SMILES string of the molecule is c1ccc2c(c1)oc1c3c4ccccc4sc3c3c(c4ccccc4n3-c3ccc4sc5ccccc5c4c3)c21. The van der Waals surface area contributed by atoms with Crippen molar-refractivity contribution >= 4 is 107 Å². The van der Waals surface area contributed by atoms with Crippen LogP contribution in [0.2, 0.25) is 0 Å². The van der Waals surface area contributed by atoms with Crippen molar-refractivity contribution in [3.8, 4) is 5.69 Å². The lowest BCUT2D eigenvalue weighted by atomic mass is 10.0. The summed E-state index contributed by atoms with van der Waals surface area (Å²) in [6.07, 6.45) is 0. The number of nitrogens with zero attached hydrogens (tertiary/aromatic N) is 1. The molecular formula is C36H19NOS2. The number of fused-ring (bicyclic) bond motifs is 15. The molecule has 40 heavy (non-hydrogen) atoms. The van der Waals surface area contributed by atoms with Gasteiger partial charge in [0.25, 0.3) is 0 Å². The summed E-state index contributed by atoms with van der Waals surface area (Å²) in [5.74, 6) is 0. The number of rotatable bonds is 1. The average molecular weight is 546 g/mol. The molecule has 4 heterocycles. The van der Waals surface area contributed by atoms with E-state index in [4.69, 9.17) is 4.42 Å². The van der Waals surface area contributed by atoms with E-state index in [1.54, 1.807) is 0 Å². The molecular weight excluding hydrogens is 527 g/mol. The van der Waals surface area contributed by atoms with Crippen molar-refractivity contribution in [1.82, 2.24) is 4.57 Å². The number of para-hydroxylation sites is 2. The van der Waals surface area contributed by atoms with E-state index in [-0.39, 0.29) is 0 Å². The fourth-order valence-corrected chi connectivity index (χ4v) is 9.06. The van der Waals surface area contributed by atoms with Gasteiger partial charge in [-0.05, 0) is 42.5 Å². The second-order valence-corrected chi connectivity index (χ2v) is 12.6. The van der Waals surface area contributed by atoms with Crippen LogP contribution in [-0.4, -0.2) is 4.57 Å². The minimum atomic E-state index is 0.935. The van der Waals surface area contributed by atoms with Crippen LogP contribution in [0.15, 0.2) is 120 Å². The molecule has 0 aliphatic heterocycles. The summed E-state index contributed by atoms with van der Waals surface area (Å²) in [5.41, 5.74) is 5.59. The van der Waals surface area contributed by atoms with Crippen LogP contribution < -0.4 is 0 Å². The molecule has 6 aromatic carbocycles. The second-order valence-electron chi connectivity index (χ2n) is 10.5. The predicted octanol–water partition coefficient (Wildman–Crippen LogP) is 11.4. The van der Waals surface area contributed by atoms with Crippen molar-refractivity contribution in [2.45, 2.75) is 0 Å². The predicted molar refractivity (Wildman–Crippen MR) is 174 cm³/mol. The molecule has 0 bridgehead atoms. The minimum Gasteiger partial charge on any atom is -0.455 e. The largest absolute Gasteiger partial charge is 0.455 e. The van der Waals surface area contributed by atoms with E-state index >= 15 is 0 Å². The zero-order valence-corrected chi connectivity index (χ0v) is 22.8. The van der Waals surface area contributed by atoms with E-state index < -0.39 is 0 Å². The van der Waals surface area contributed by atoms with Gasteiger partial charge in [0.05, 0.1) is 15.7 Å². The van der Waals surface area contributed by atoms with Crippen LogP contribution in [0.5, 0.6) is 0 Å². The zero-order chi connectivity index (χ0) is 25.9. The summed E-state index contributed by atoms with van der Waals surface area (Å²) in [7, 11) is 0. The summed E-state index contributed by atoms with van der Waals surface area (Å²) in [6.45, 7) is 0. The third kappa shape index (κ3) is 2.58. The molecule has 4 heteroatoms. The van der Waals surface area contributed by atoms with E-state index in [1.165, 1.54) is 78.6 Å². The Morgan fingerprint density at radius 3 is 2.05 bits per heavy atom. The van der Waals surface area contributed by atoms with Gasteiger partial charge in [-0.15, -0.1) is 22.7 Å². The molecule has 0 N–H and O–H groups in total. The highest BCUT2D eigenvalue weighted by molar-refractivity contribution is 7.27. The molecule has 0 aliphatic carbocycles. The first-order chi connectivity index (χ1) is 19.8. The number of hydrogen-bond acceptors (Lipinski definition) is 3. The monoisotopic (exact) mass is 545 g/mol. The van der Waals surface area contributed by atoms with Gasteiger partial charge in [0.2, 0.25) is 0 Å². The highest BCUT2D eigenvalue weighted by atomic mass is 32.1. The van der Waals surface area contributed by atoms with Crippen molar-refractivity contribution in [3.63, 3.8) is 0 Å². The van der Waals surface area contributed by atoms with Gasteiger partial charge in [-0.25, -0.2) is 0 Å². The minimum absolute atomic E-state index is 0.935. The molecule has 186 valence electrons. The lowest BCUT2D eigenvalue weighted by molar-refractivity contribution is 0.673. The van der Waals surface area contributed by atoms with Crippen LogP contribution in [0.1, 0.15) is 0 Å². The molecule has 0 amide bonds. The second kappa shape index (κ2) is 7.51. The molecule has 4 aromatic heterocycles. The smallest absolute Gasteiger partial charge is 0.145 e. The molecule has 0 atom stereocenters. The lowest BCUT2D eigenvalue weighted by Crippen LogP contribution is -1.93. The van der Waals surface area contributed by atoms with Gasteiger partial charge >= 0.3 is 0 Å². The number of furan rings is 1. The first-order valence-corrected chi connectivity index (χ1v) is 15.1. The van der Waals surface area contributed by atoms with E-state index in [1.807, 2.05) is 22.7 Å². The standard InChI is InChI=1S/C36H19NOS2/c1-5-13-26-22(10-1)31-32-23-11-2-6-14-27(23)38-35(32)33-24-12-4-8-16-29(24)40-36(33)34(31)37(26)20-17-18-30-25(19-20)21-9-3-7-15-28(21)39-30/h1-19H. The quantitative estimate of drug-likeness (QED) is 0.201. The summed E-state index contributed by atoms with van der Waals surface area (Å²) in [4.78, 5) is 0. The molecule has 0 saturated heterocycles. The van der Waals surface area contributed by atoms with Crippen LogP contribution in [0.25, 0.3) is 89.8 Å². The Labute approximate surface area is 235 Å². The van der Waals surface area contributed by atoms with Crippen LogP contribution in [0.3, 0.4) is 0 Å². The van der Waals surface area contributed by atoms with E-state index in [9.17, 15) is 0 Å². The Kier molecular flexibility index (Phi) is 3.98. The summed E-state index contributed by atoms with van der Waals surface area (Å²) in [5, 5.41) is 10.00. The third-order valence-corrected chi connectivity index (χ3v) is 10.7. The highest BCUT2D eigenvalue weighted by Gasteiger charge is 2.25. The van der Waals surface area contributed by atoms with Gasteiger partial charge in [-0.2, -0.15) is 0 Å². The van der Waals surface area contributed by atoms with Crippen LogP contribution in [0, 0.1) is 0 Å². The Balaban J connectivity index is 1.50. The maximum absolute atomic E-state index is 6.70. The van der Waals surface area contributed by atoms with Crippen molar-refractivity contribution < 1.29 is 4.42 Å². The molecule has 10 aromatic rings. The first kappa shape index (κ1) is 21.2. The normalized spacial score (nSPS) is 12.5. The maximum Gasteiger partial charge on any atom is 0.145 e. The van der Waals surface area contributed by atoms with Crippen LogP contribution in [-0.2, 0) is 0 Å². The van der Waals surface area contributed by atoms with Crippen molar-refractivity contribution in [1.29, 1.82) is 0 Å². The van der Waals surface area contributed by atoms with Crippen molar-refractivity contribution in [3.05, 3.63) is 115 Å². The zero-order valence-electron chi connectivity index (χ0n) is 21.1. The van der Waals surface area contributed by atoms with Gasteiger partial charge < -0.3 is 8.98 Å². The van der Waals surface area contributed by atoms with E-state index in [0.717, 1.165) is 11.2 Å². The first-order valence-electron chi connectivity index (χ1n) is 13.4. The third-order valence-electron chi connectivity index (χ3n) is 8.38. The maximum atomic E-state index is 6.70. The van der Waals surface area contributed by atoms with Crippen molar-refractivity contribution in [2.24, 2.45) is 0 Å². The summed E-state index contributed by atoms with van der Waals surface area (Å²) >= 11 is 3.73. The Hall–Kier alpha value is -4.64. The number of aromatic nitrogens is 1. The molecule has 2 nitrogen and oxygen atoms in total. The molecule has 0 spiro atoms. The van der Waals surface area contributed by atoms with Crippen LogP contribution in [0.4, 0.5) is 0 Å². The summed E-state index contributed by atoms with van der Waals surface area (Å²) < 4.78 is 14.4. The molecule has 10 rings (SSSR count). The molecule has 0 saturated carbocycles. The fraction of sp³-hybridized carbons (Fsp3) is 0. The average Bonchev–Trinajstić information content (AvgIpc) is 3.75. The van der Waals surface area contributed by atoms with Crippen LogP contribution >= 0.6 is 22.7 Å². The van der Waals surface area contributed by atoms with Gasteiger partial charge in [-0.3, -0.25) is 0 Å².